The van der Waals surface area contributed by atoms with E-state index in [0.29, 0.717) is 67.9 Å². The van der Waals surface area contributed by atoms with Gasteiger partial charge in [0, 0.05) is 32.3 Å². The highest BCUT2D eigenvalue weighted by atomic mass is 19.1. The fourth-order valence-corrected chi connectivity index (χ4v) is 5.88. The zero-order valence-electron chi connectivity index (χ0n) is 21.5. The number of hydrogen-bond donors (Lipinski definition) is 1. The van der Waals surface area contributed by atoms with Crippen LogP contribution in [0.2, 0.25) is 0 Å². The molecule has 7 nitrogen and oxygen atoms in total. The lowest BCUT2D eigenvalue weighted by Crippen LogP contribution is -2.48. The lowest BCUT2D eigenvalue weighted by Gasteiger charge is -2.39. The van der Waals surface area contributed by atoms with Crippen LogP contribution in [0.5, 0.6) is 0 Å². The monoisotopic (exact) mass is 507 g/mol. The van der Waals surface area contributed by atoms with Gasteiger partial charge in [-0.15, -0.1) is 0 Å². The van der Waals surface area contributed by atoms with Crippen LogP contribution >= 0.6 is 0 Å². The molecule has 2 aromatic carbocycles. The van der Waals surface area contributed by atoms with E-state index in [1.54, 1.807) is 24.3 Å². The third-order valence-electron chi connectivity index (χ3n) is 7.74. The van der Waals surface area contributed by atoms with Crippen molar-refractivity contribution in [1.82, 2.24) is 10.2 Å². The van der Waals surface area contributed by atoms with Gasteiger partial charge in [-0.1, -0.05) is 24.3 Å². The summed E-state index contributed by atoms with van der Waals surface area (Å²) in [5.41, 5.74) is 1.78. The second-order valence-corrected chi connectivity index (χ2v) is 10.9. The number of rotatable bonds is 6. The number of imide groups is 1. The van der Waals surface area contributed by atoms with Gasteiger partial charge in [0.05, 0.1) is 28.3 Å². The molecule has 3 heterocycles. The normalized spacial score (nSPS) is 23.2. The van der Waals surface area contributed by atoms with Crippen LogP contribution in [-0.2, 0) is 16.0 Å². The summed E-state index contributed by atoms with van der Waals surface area (Å²) in [5, 5.41) is 2.95. The number of carbonyl (C=O) groups excluding carboxylic acids is 3. The first-order valence-corrected chi connectivity index (χ1v) is 13.2. The first-order chi connectivity index (χ1) is 17.7. The van der Waals surface area contributed by atoms with Gasteiger partial charge in [-0.2, -0.15) is 0 Å². The van der Waals surface area contributed by atoms with E-state index in [9.17, 15) is 18.8 Å². The molecular formula is C29H34FN3O4. The van der Waals surface area contributed by atoms with Crippen LogP contribution in [0, 0.1) is 11.7 Å². The molecule has 3 amide bonds. The Bertz CT molecular complexity index is 1210. The fourth-order valence-electron chi connectivity index (χ4n) is 5.88. The number of ether oxygens (including phenoxy) is 1. The molecule has 5 rings (SSSR count). The van der Waals surface area contributed by atoms with Gasteiger partial charge >= 0.3 is 0 Å². The van der Waals surface area contributed by atoms with E-state index in [-0.39, 0.29) is 41.1 Å². The standard InChI is InChI=1S/C29H34FN3O4/c1-29(2)17-21(13-16-37-29)33-27(35)22-9-5-11-24(25(22)28(33)36)32-15-6-8-20(18-32)26(34)31-14-12-19-7-3-4-10-23(19)30/h3-5,7,9-11,20-21H,6,8,12-18H2,1-2H3,(H,31,34). The summed E-state index contributed by atoms with van der Waals surface area (Å²) in [4.78, 5) is 43.4. The Morgan fingerprint density at radius 3 is 2.70 bits per heavy atom. The summed E-state index contributed by atoms with van der Waals surface area (Å²) in [6, 6.07) is 11.8. The Kier molecular flexibility index (Phi) is 7.03. The maximum absolute atomic E-state index is 13.9. The minimum Gasteiger partial charge on any atom is -0.375 e. The van der Waals surface area contributed by atoms with Gasteiger partial charge in [-0.05, 0) is 69.7 Å². The molecule has 0 bridgehead atoms. The molecule has 2 fully saturated rings. The summed E-state index contributed by atoms with van der Waals surface area (Å²) in [5.74, 6) is -1.08. The number of nitrogens with one attached hydrogen (secondary N) is 1. The Balaban J connectivity index is 1.28. The highest BCUT2D eigenvalue weighted by Gasteiger charge is 2.45. The van der Waals surface area contributed by atoms with Crippen LogP contribution in [0.25, 0.3) is 0 Å². The van der Waals surface area contributed by atoms with Crippen molar-refractivity contribution in [2.24, 2.45) is 5.92 Å². The van der Waals surface area contributed by atoms with E-state index >= 15 is 0 Å². The van der Waals surface area contributed by atoms with E-state index in [0.717, 1.165) is 12.8 Å². The predicted molar refractivity (Wildman–Crippen MR) is 138 cm³/mol. The van der Waals surface area contributed by atoms with Gasteiger partial charge in [0.1, 0.15) is 5.82 Å². The van der Waals surface area contributed by atoms with Crippen LogP contribution < -0.4 is 10.2 Å². The van der Waals surface area contributed by atoms with E-state index < -0.39 is 0 Å². The summed E-state index contributed by atoms with van der Waals surface area (Å²) in [6.07, 6.45) is 3.20. The molecule has 196 valence electrons. The molecule has 3 aliphatic heterocycles. The van der Waals surface area contributed by atoms with Crippen molar-refractivity contribution in [3.63, 3.8) is 0 Å². The average Bonchev–Trinajstić information content (AvgIpc) is 3.14. The Hall–Kier alpha value is -3.26. The minimum absolute atomic E-state index is 0.0675. The van der Waals surface area contributed by atoms with Gasteiger partial charge in [0.2, 0.25) is 5.91 Å². The Labute approximate surface area is 217 Å². The summed E-state index contributed by atoms with van der Waals surface area (Å²) >= 11 is 0. The molecular weight excluding hydrogens is 473 g/mol. The molecule has 0 radical (unpaired) electrons. The Morgan fingerprint density at radius 2 is 1.92 bits per heavy atom. The average molecular weight is 508 g/mol. The van der Waals surface area contributed by atoms with Crippen molar-refractivity contribution in [3.8, 4) is 0 Å². The minimum atomic E-state index is -0.388. The van der Waals surface area contributed by atoms with Crippen molar-refractivity contribution in [2.45, 2.75) is 57.6 Å². The second kappa shape index (κ2) is 10.2. The number of carbonyl (C=O) groups is 3. The topological polar surface area (TPSA) is 79.0 Å². The zero-order chi connectivity index (χ0) is 26.2. The van der Waals surface area contributed by atoms with E-state index in [1.807, 2.05) is 26.0 Å². The van der Waals surface area contributed by atoms with E-state index in [4.69, 9.17) is 4.74 Å². The second-order valence-electron chi connectivity index (χ2n) is 10.9. The first kappa shape index (κ1) is 25.4. The van der Waals surface area contributed by atoms with Crippen LogP contribution in [0.1, 0.15) is 65.8 Å². The molecule has 0 saturated carbocycles. The third kappa shape index (κ3) is 5.12. The van der Waals surface area contributed by atoms with Crippen LogP contribution in [0.4, 0.5) is 10.1 Å². The van der Waals surface area contributed by atoms with Gasteiger partial charge in [0.15, 0.2) is 0 Å². The molecule has 37 heavy (non-hydrogen) atoms. The lowest BCUT2D eigenvalue weighted by molar-refractivity contribution is -0.125. The SMILES string of the molecule is CC1(C)CC(N2C(=O)c3cccc(N4CCCC(C(=O)NCCc5ccccc5F)C4)c3C2=O)CCO1. The van der Waals surface area contributed by atoms with Gasteiger partial charge in [-0.25, -0.2) is 4.39 Å². The number of hydrogen-bond acceptors (Lipinski definition) is 5. The number of benzene rings is 2. The van der Waals surface area contributed by atoms with Crippen molar-refractivity contribution in [2.75, 3.05) is 31.1 Å². The molecule has 0 aromatic heterocycles. The Morgan fingerprint density at radius 1 is 1.11 bits per heavy atom. The van der Waals surface area contributed by atoms with Gasteiger partial charge in [-0.3, -0.25) is 19.3 Å². The van der Waals surface area contributed by atoms with Gasteiger partial charge in [0.25, 0.3) is 11.8 Å². The number of amides is 3. The molecule has 0 spiro atoms. The van der Waals surface area contributed by atoms with Crippen molar-refractivity contribution in [1.29, 1.82) is 0 Å². The van der Waals surface area contributed by atoms with Crippen molar-refractivity contribution in [3.05, 3.63) is 65.0 Å². The molecule has 3 aliphatic rings. The fraction of sp³-hybridized carbons (Fsp3) is 0.483. The molecule has 1 N–H and O–H groups in total. The number of anilines is 1. The molecule has 8 heteroatoms. The number of nitrogens with zero attached hydrogens (tertiary/aromatic N) is 2. The molecule has 2 atom stereocenters. The van der Waals surface area contributed by atoms with Crippen LogP contribution in [0.15, 0.2) is 42.5 Å². The summed E-state index contributed by atoms with van der Waals surface area (Å²) < 4.78 is 19.7. The molecule has 0 aliphatic carbocycles. The molecule has 2 saturated heterocycles. The van der Waals surface area contributed by atoms with Crippen LogP contribution in [0.3, 0.4) is 0 Å². The third-order valence-corrected chi connectivity index (χ3v) is 7.74. The van der Waals surface area contributed by atoms with Crippen molar-refractivity contribution < 1.29 is 23.5 Å². The highest BCUT2D eigenvalue weighted by molar-refractivity contribution is 6.24. The molecule has 2 unspecified atom stereocenters. The largest absolute Gasteiger partial charge is 0.375 e. The predicted octanol–water partition coefficient (Wildman–Crippen LogP) is 3.95. The smallest absolute Gasteiger partial charge is 0.263 e. The highest BCUT2D eigenvalue weighted by Crippen LogP contribution is 2.38. The maximum Gasteiger partial charge on any atom is 0.263 e. The zero-order valence-corrected chi connectivity index (χ0v) is 21.5. The van der Waals surface area contributed by atoms with E-state index in [1.165, 1.54) is 11.0 Å². The maximum atomic E-state index is 13.9. The lowest BCUT2D eigenvalue weighted by atomic mass is 9.93. The number of piperidine rings is 1. The molecule has 2 aromatic rings. The quantitative estimate of drug-likeness (QED) is 0.599. The van der Waals surface area contributed by atoms with E-state index in [2.05, 4.69) is 10.2 Å². The van der Waals surface area contributed by atoms with Crippen molar-refractivity contribution >= 4 is 23.4 Å². The number of fused-ring (bicyclic) bond motifs is 1. The summed E-state index contributed by atoms with van der Waals surface area (Å²) in [7, 11) is 0. The van der Waals surface area contributed by atoms with Crippen LogP contribution in [-0.4, -0.2) is 60.5 Å². The number of halogens is 1. The first-order valence-electron chi connectivity index (χ1n) is 13.2. The van der Waals surface area contributed by atoms with Gasteiger partial charge < -0.3 is 15.0 Å². The summed E-state index contributed by atoms with van der Waals surface area (Å²) in [6.45, 7) is 6.02.